The minimum Gasteiger partial charge on any atom is -0.399 e. The summed E-state index contributed by atoms with van der Waals surface area (Å²) in [6.45, 7) is 2.25. The van der Waals surface area contributed by atoms with Crippen LogP contribution in [-0.2, 0) is 0 Å². The Morgan fingerprint density at radius 1 is 1.43 bits per heavy atom. The molecule has 0 bridgehead atoms. The van der Waals surface area contributed by atoms with Gasteiger partial charge in [0.1, 0.15) is 0 Å². The summed E-state index contributed by atoms with van der Waals surface area (Å²) in [7, 11) is 0. The molecule has 1 aliphatic carbocycles. The first-order valence-corrected chi connectivity index (χ1v) is 5.38. The summed E-state index contributed by atoms with van der Waals surface area (Å²) < 4.78 is 0. The maximum absolute atomic E-state index is 5.74. The highest BCUT2D eigenvalue weighted by Gasteiger charge is 2.34. The Labute approximate surface area is 85.5 Å². The second-order valence-electron chi connectivity index (χ2n) is 4.24. The number of hydrogen-bond acceptors (Lipinski definition) is 2. The molecule has 1 saturated carbocycles. The Morgan fingerprint density at radius 2 is 2.21 bits per heavy atom. The van der Waals surface area contributed by atoms with Gasteiger partial charge < -0.3 is 11.1 Å². The maximum Gasteiger partial charge on any atom is 0.0371 e. The normalized spacial score (nSPS) is 18.6. The second-order valence-corrected chi connectivity index (χ2v) is 4.24. The average Bonchev–Trinajstić information content (AvgIpc) is 2.11. The summed E-state index contributed by atoms with van der Waals surface area (Å²) in [5.74, 6) is 0. The lowest BCUT2D eigenvalue weighted by Gasteiger charge is -2.43. The summed E-state index contributed by atoms with van der Waals surface area (Å²) in [5.41, 5.74) is 8.09. The molecule has 76 valence electrons. The highest BCUT2D eigenvalue weighted by atomic mass is 15.0. The zero-order valence-electron chi connectivity index (χ0n) is 8.72. The first kappa shape index (κ1) is 9.38. The molecule has 0 aliphatic heterocycles. The zero-order valence-corrected chi connectivity index (χ0v) is 8.72. The van der Waals surface area contributed by atoms with Crippen LogP contribution in [0.15, 0.2) is 24.3 Å². The van der Waals surface area contributed by atoms with Gasteiger partial charge in [-0.1, -0.05) is 13.0 Å². The summed E-state index contributed by atoms with van der Waals surface area (Å²) in [5, 5.41) is 3.60. The van der Waals surface area contributed by atoms with Crippen LogP contribution < -0.4 is 11.1 Å². The van der Waals surface area contributed by atoms with Gasteiger partial charge in [-0.05, 0) is 43.9 Å². The number of hydrogen-bond donors (Lipinski definition) is 2. The van der Waals surface area contributed by atoms with E-state index in [0.717, 1.165) is 11.4 Å². The monoisotopic (exact) mass is 190 g/mol. The van der Waals surface area contributed by atoms with Crippen LogP contribution in [0.4, 0.5) is 11.4 Å². The van der Waals surface area contributed by atoms with E-state index in [1.165, 1.54) is 25.7 Å². The van der Waals surface area contributed by atoms with Gasteiger partial charge in [0.05, 0.1) is 0 Å². The molecule has 0 heterocycles. The van der Waals surface area contributed by atoms with Crippen molar-refractivity contribution in [3.05, 3.63) is 24.3 Å². The van der Waals surface area contributed by atoms with Crippen molar-refractivity contribution in [2.75, 3.05) is 11.1 Å². The van der Waals surface area contributed by atoms with Gasteiger partial charge in [0, 0.05) is 16.9 Å². The third kappa shape index (κ3) is 1.69. The van der Waals surface area contributed by atoms with Crippen molar-refractivity contribution in [1.82, 2.24) is 0 Å². The second kappa shape index (κ2) is 3.52. The highest BCUT2D eigenvalue weighted by Crippen LogP contribution is 2.38. The molecule has 1 fully saturated rings. The molecule has 0 aromatic heterocycles. The van der Waals surface area contributed by atoms with Crippen LogP contribution in [0, 0.1) is 0 Å². The molecular weight excluding hydrogens is 172 g/mol. The van der Waals surface area contributed by atoms with Gasteiger partial charge in [-0.3, -0.25) is 0 Å². The molecule has 2 rings (SSSR count). The van der Waals surface area contributed by atoms with E-state index in [9.17, 15) is 0 Å². The van der Waals surface area contributed by atoms with Gasteiger partial charge in [-0.15, -0.1) is 0 Å². The maximum atomic E-state index is 5.74. The summed E-state index contributed by atoms with van der Waals surface area (Å²) >= 11 is 0. The number of nitrogen functional groups attached to an aromatic ring is 1. The Kier molecular flexibility index (Phi) is 2.36. The largest absolute Gasteiger partial charge is 0.399 e. The third-order valence-electron chi connectivity index (χ3n) is 3.28. The van der Waals surface area contributed by atoms with Crippen molar-refractivity contribution in [3.8, 4) is 0 Å². The molecule has 2 heteroatoms. The number of nitrogens with two attached hydrogens (primary N) is 1. The lowest BCUT2D eigenvalue weighted by atomic mass is 9.74. The van der Waals surface area contributed by atoms with E-state index in [1.807, 2.05) is 18.2 Å². The summed E-state index contributed by atoms with van der Waals surface area (Å²) in [4.78, 5) is 0. The minimum absolute atomic E-state index is 0.355. The summed E-state index contributed by atoms with van der Waals surface area (Å²) in [6.07, 6.45) is 5.13. The molecule has 0 radical (unpaired) electrons. The third-order valence-corrected chi connectivity index (χ3v) is 3.28. The number of anilines is 2. The first-order valence-electron chi connectivity index (χ1n) is 5.38. The topological polar surface area (TPSA) is 38.0 Å². The molecule has 1 aromatic rings. The number of benzene rings is 1. The van der Waals surface area contributed by atoms with E-state index in [2.05, 4.69) is 18.3 Å². The van der Waals surface area contributed by atoms with Crippen molar-refractivity contribution in [1.29, 1.82) is 0 Å². The predicted octanol–water partition coefficient (Wildman–Crippen LogP) is 3.01. The Bertz CT molecular complexity index is 310. The fourth-order valence-corrected chi connectivity index (χ4v) is 2.09. The van der Waals surface area contributed by atoms with E-state index in [-0.39, 0.29) is 0 Å². The zero-order chi connectivity index (χ0) is 10.0. The molecule has 14 heavy (non-hydrogen) atoms. The smallest absolute Gasteiger partial charge is 0.0371 e. The number of rotatable bonds is 3. The SMILES string of the molecule is CCC1(Nc2cccc(N)c2)CCC1. The van der Waals surface area contributed by atoms with Crippen molar-refractivity contribution in [3.63, 3.8) is 0 Å². The molecular formula is C12H18N2. The van der Waals surface area contributed by atoms with Gasteiger partial charge in [0.15, 0.2) is 0 Å². The van der Waals surface area contributed by atoms with E-state index in [1.54, 1.807) is 0 Å². The van der Waals surface area contributed by atoms with Crippen LogP contribution >= 0.6 is 0 Å². The standard InChI is InChI=1S/C12H18N2/c1-2-12(7-4-8-12)14-11-6-3-5-10(13)9-11/h3,5-6,9,14H,2,4,7-8,13H2,1H3. The summed E-state index contributed by atoms with van der Waals surface area (Å²) in [6, 6.07) is 8.02. The highest BCUT2D eigenvalue weighted by molar-refractivity contribution is 5.55. The van der Waals surface area contributed by atoms with Crippen LogP contribution in [0.2, 0.25) is 0 Å². The lowest BCUT2D eigenvalue weighted by molar-refractivity contribution is 0.269. The fraction of sp³-hybridized carbons (Fsp3) is 0.500. The van der Waals surface area contributed by atoms with Crippen LogP contribution in [0.5, 0.6) is 0 Å². The van der Waals surface area contributed by atoms with E-state index < -0.39 is 0 Å². The molecule has 1 aliphatic rings. The Balaban J connectivity index is 2.09. The van der Waals surface area contributed by atoms with Crippen LogP contribution in [-0.4, -0.2) is 5.54 Å². The molecule has 1 aromatic carbocycles. The van der Waals surface area contributed by atoms with E-state index in [0.29, 0.717) is 5.54 Å². The van der Waals surface area contributed by atoms with Gasteiger partial charge >= 0.3 is 0 Å². The molecule has 0 unspecified atom stereocenters. The van der Waals surface area contributed by atoms with Crippen molar-refractivity contribution in [2.45, 2.75) is 38.1 Å². The van der Waals surface area contributed by atoms with Crippen molar-refractivity contribution < 1.29 is 0 Å². The Hall–Kier alpha value is -1.18. The number of nitrogens with one attached hydrogen (secondary N) is 1. The van der Waals surface area contributed by atoms with Crippen LogP contribution in [0.25, 0.3) is 0 Å². The van der Waals surface area contributed by atoms with Crippen LogP contribution in [0.1, 0.15) is 32.6 Å². The molecule has 0 spiro atoms. The minimum atomic E-state index is 0.355. The quantitative estimate of drug-likeness (QED) is 0.719. The van der Waals surface area contributed by atoms with Gasteiger partial charge in [-0.2, -0.15) is 0 Å². The lowest BCUT2D eigenvalue weighted by Crippen LogP contribution is -2.44. The first-order chi connectivity index (χ1) is 6.74. The van der Waals surface area contributed by atoms with Gasteiger partial charge in [-0.25, -0.2) is 0 Å². The average molecular weight is 190 g/mol. The van der Waals surface area contributed by atoms with Gasteiger partial charge in [0.2, 0.25) is 0 Å². The molecule has 0 atom stereocenters. The fourth-order valence-electron chi connectivity index (χ4n) is 2.09. The van der Waals surface area contributed by atoms with Crippen molar-refractivity contribution in [2.24, 2.45) is 0 Å². The van der Waals surface area contributed by atoms with E-state index in [4.69, 9.17) is 5.73 Å². The van der Waals surface area contributed by atoms with Crippen molar-refractivity contribution >= 4 is 11.4 Å². The molecule has 2 nitrogen and oxygen atoms in total. The molecule has 0 amide bonds. The van der Waals surface area contributed by atoms with Crippen LogP contribution in [0.3, 0.4) is 0 Å². The van der Waals surface area contributed by atoms with E-state index >= 15 is 0 Å². The van der Waals surface area contributed by atoms with Gasteiger partial charge in [0.25, 0.3) is 0 Å². The molecule has 3 N–H and O–H groups in total. The Morgan fingerprint density at radius 3 is 2.71 bits per heavy atom. The predicted molar refractivity (Wildman–Crippen MR) is 61.4 cm³/mol. The molecule has 0 saturated heterocycles.